The summed E-state index contributed by atoms with van der Waals surface area (Å²) in [4.78, 5) is 34.3. The number of alkyl halides is 3. The van der Waals surface area contributed by atoms with Crippen molar-refractivity contribution >= 4 is 34.9 Å². The molecule has 0 unspecified atom stereocenters. The summed E-state index contributed by atoms with van der Waals surface area (Å²) in [5.74, 6) is 0.147. The standard InChI is InChI=1S/C23H22ClF3N6O3/c1-33(2)10-9-28-21(34)19-12-20(30-13-29-19)36-16-6-3-14(4-7-16)31-22(35)32-15-5-8-18(24)17(11-15)23(25,26)27/h3-8,11-13H,9-10H2,1-2H3,(H,28,34)(H2,31,32,35). The van der Waals surface area contributed by atoms with E-state index in [9.17, 15) is 22.8 Å². The van der Waals surface area contributed by atoms with Gasteiger partial charge in [-0.25, -0.2) is 14.8 Å². The lowest BCUT2D eigenvalue weighted by molar-refractivity contribution is -0.137. The number of benzene rings is 2. The lowest BCUT2D eigenvalue weighted by Crippen LogP contribution is -2.31. The highest BCUT2D eigenvalue weighted by Gasteiger charge is 2.33. The van der Waals surface area contributed by atoms with Gasteiger partial charge in [0.15, 0.2) is 0 Å². The molecular weight excluding hydrogens is 501 g/mol. The molecule has 3 N–H and O–H groups in total. The van der Waals surface area contributed by atoms with Crippen LogP contribution >= 0.6 is 11.6 Å². The molecule has 0 spiro atoms. The first-order valence-corrected chi connectivity index (χ1v) is 10.9. The molecule has 0 radical (unpaired) electrons. The molecule has 0 aliphatic rings. The minimum absolute atomic E-state index is 0.0745. The fourth-order valence-electron chi connectivity index (χ4n) is 2.84. The number of likely N-dealkylation sites (N-methyl/N-ethyl adjacent to an activating group) is 1. The van der Waals surface area contributed by atoms with Crippen molar-refractivity contribution in [3.05, 3.63) is 71.1 Å². The first kappa shape index (κ1) is 26.7. The molecule has 0 saturated carbocycles. The van der Waals surface area contributed by atoms with Crippen LogP contribution in [0.25, 0.3) is 0 Å². The Bertz CT molecular complexity index is 1220. The number of nitrogens with one attached hydrogen (secondary N) is 3. The summed E-state index contributed by atoms with van der Waals surface area (Å²) < 4.78 is 44.6. The molecule has 13 heteroatoms. The number of rotatable bonds is 8. The van der Waals surface area contributed by atoms with Crippen LogP contribution in [-0.2, 0) is 6.18 Å². The van der Waals surface area contributed by atoms with Gasteiger partial charge in [-0.2, -0.15) is 13.2 Å². The molecular formula is C23H22ClF3N6O3. The summed E-state index contributed by atoms with van der Waals surface area (Å²) in [6.45, 7) is 1.13. The number of halogens is 4. The average Bonchev–Trinajstić information content (AvgIpc) is 2.81. The lowest BCUT2D eigenvalue weighted by Gasteiger charge is -2.12. The molecule has 1 aromatic heterocycles. The van der Waals surface area contributed by atoms with Crippen LogP contribution in [0.3, 0.4) is 0 Å². The van der Waals surface area contributed by atoms with Gasteiger partial charge in [0, 0.05) is 30.5 Å². The van der Waals surface area contributed by atoms with Crippen molar-refractivity contribution in [2.45, 2.75) is 6.18 Å². The molecule has 0 fully saturated rings. The van der Waals surface area contributed by atoms with Gasteiger partial charge in [0.2, 0.25) is 5.88 Å². The predicted molar refractivity (Wildman–Crippen MR) is 129 cm³/mol. The number of carbonyl (C=O) groups excluding carboxylic acids is 2. The van der Waals surface area contributed by atoms with E-state index in [0.29, 0.717) is 24.5 Å². The van der Waals surface area contributed by atoms with E-state index >= 15 is 0 Å². The molecule has 2 aromatic carbocycles. The Labute approximate surface area is 209 Å². The summed E-state index contributed by atoms with van der Waals surface area (Å²) in [6.07, 6.45) is -3.45. The van der Waals surface area contributed by atoms with E-state index in [1.54, 1.807) is 12.1 Å². The van der Waals surface area contributed by atoms with Gasteiger partial charge < -0.3 is 25.6 Å². The van der Waals surface area contributed by atoms with Crippen LogP contribution in [0.2, 0.25) is 5.02 Å². The summed E-state index contributed by atoms with van der Waals surface area (Å²) in [5.41, 5.74) is -0.630. The minimum atomic E-state index is -4.65. The summed E-state index contributed by atoms with van der Waals surface area (Å²) in [5, 5.41) is 7.10. The van der Waals surface area contributed by atoms with E-state index in [0.717, 1.165) is 12.1 Å². The van der Waals surface area contributed by atoms with Gasteiger partial charge >= 0.3 is 12.2 Å². The van der Waals surface area contributed by atoms with Gasteiger partial charge in [0.1, 0.15) is 17.8 Å². The van der Waals surface area contributed by atoms with Crippen LogP contribution in [0.5, 0.6) is 11.6 Å². The Hall–Kier alpha value is -3.90. The number of nitrogens with zero attached hydrogens (tertiary/aromatic N) is 3. The molecule has 3 amide bonds. The van der Waals surface area contributed by atoms with Crippen molar-refractivity contribution in [1.29, 1.82) is 0 Å². The van der Waals surface area contributed by atoms with Crippen molar-refractivity contribution in [3.63, 3.8) is 0 Å². The second kappa shape index (κ2) is 11.7. The summed E-state index contributed by atoms with van der Waals surface area (Å²) in [7, 11) is 3.78. The number of urea groups is 1. The zero-order valence-electron chi connectivity index (χ0n) is 19.2. The molecule has 3 rings (SSSR count). The Kier molecular flexibility index (Phi) is 8.67. The SMILES string of the molecule is CN(C)CCNC(=O)c1cc(Oc2ccc(NC(=O)Nc3ccc(Cl)c(C(F)(F)F)c3)cc2)ncn1. The van der Waals surface area contributed by atoms with Crippen molar-refractivity contribution < 1.29 is 27.5 Å². The largest absolute Gasteiger partial charge is 0.439 e. The maximum absolute atomic E-state index is 13.0. The third-order valence-corrected chi connectivity index (χ3v) is 4.91. The molecule has 190 valence electrons. The van der Waals surface area contributed by atoms with Gasteiger partial charge in [0.25, 0.3) is 5.91 Å². The zero-order valence-corrected chi connectivity index (χ0v) is 19.9. The first-order valence-electron chi connectivity index (χ1n) is 10.5. The van der Waals surface area contributed by atoms with Gasteiger partial charge in [-0.1, -0.05) is 11.6 Å². The van der Waals surface area contributed by atoms with E-state index in [2.05, 4.69) is 25.9 Å². The topological polar surface area (TPSA) is 108 Å². The fourth-order valence-corrected chi connectivity index (χ4v) is 3.07. The third kappa shape index (κ3) is 7.82. The van der Waals surface area contributed by atoms with E-state index in [-0.39, 0.29) is 23.2 Å². The summed E-state index contributed by atoms with van der Waals surface area (Å²) >= 11 is 5.58. The molecule has 3 aromatic rings. The zero-order chi connectivity index (χ0) is 26.3. The third-order valence-electron chi connectivity index (χ3n) is 4.58. The van der Waals surface area contributed by atoms with Crippen molar-refractivity contribution in [3.8, 4) is 11.6 Å². The minimum Gasteiger partial charge on any atom is -0.439 e. The highest BCUT2D eigenvalue weighted by molar-refractivity contribution is 6.31. The van der Waals surface area contributed by atoms with E-state index in [1.165, 1.54) is 30.6 Å². The van der Waals surface area contributed by atoms with Gasteiger partial charge in [-0.05, 0) is 56.6 Å². The number of aromatic nitrogens is 2. The molecule has 9 nitrogen and oxygen atoms in total. The Morgan fingerprint density at radius 2 is 1.67 bits per heavy atom. The monoisotopic (exact) mass is 522 g/mol. The highest BCUT2D eigenvalue weighted by Crippen LogP contribution is 2.36. The lowest BCUT2D eigenvalue weighted by atomic mass is 10.2. The molecule has 36 heavy (non-hydrogen) atoms. The van der Waals surface area contributed by atoms with E-state index < -0.39 is 22.8 Å². The van der Waals surface area contributed by atoms with Crippen molar-refractivity contribution in [2.75, 3.05) is 37.8 Å². The Morgan fingerprint density at radius 3 is 2.33 bits per heavy atom. The molecule has 0 aliphatic heterocycles. The maximum atomic E-state index is 13.0. The number of ether oxygens (including phenoxy) is 1. The molecule has 0 saturated heterocycles. The second-order valence-corrected chi connectivity index (χ2v) is 8.11. The fraction of sp³-hybridized carbons (Fsp3) is 0.217. The van der Waals surface area contributed by atoms with Crippen LogP contribution < -0.4 is 20.7 Å². The number of anilines is 2. The molecule has 0 bridgehead atoms. The van der Waals surface area contributed by atoms with Crippen LogP contribution in [0.1, 0.15) is 16.1 Å². The van der Waals surface area contributed by atoms with Gasteiger partial charge in [-0.3, -0.25) is 4.79 Å². The van der Waals surface area contributed by atoms with Crippen LogP contribution in [-0.4, -0.2) is 54.0 Å². The number of hydrogen-bond donors (Lipinski definition) is 3. The van der Waals surface area contributed by atoms with Gasteiger partial charge in [0.05, 0.1) is 10.6 Å². The Morgan fingerprint density at radius 1 is 1.00 bits per heavy atom. The second-order valence-electron chi connectivity index (χ2n) is 7.70. The van der Waals surface area contributed by atoms with Crippen LogP contribution in [0, 0.1) is 0 Å². The predicted octanol–water partition coefficient (Wildman–Crippen LogP) is 4.88. The maximum Gasteiger partial charge on any atom is 0.417 e. The van der Waals surface area contributed by atoms with Crippen molar-refractivity contribution in [2.24, 2.45) is 0 Å². The molecule has 0 atom stereocenters. The average molecular weight is 523 g/mol. The number of hydrogen-bond acceptors (Lipinski definition) is 6. The van der Waals surface area contributed by atoms with Crippen LogP contribution in [0.4, 0.5) is 29.3 Å². The summed E-state index contributed by atoms with van der Waals surface area (Å²) in [6, 6.07) is 9.83. The smallest absolute Gasteiger partial charge is 0.417 e. The highest BCUT2D eigenvalue weighted by atomic mass is 35.5. The molecule has 0 aliphatic carbocycles. The van der Waals surface area contributed by atoms with Crippen molar-refractivity contribution in [1.82, 2.24) is 20.2 Å². The molecule has 1 heterocycles. The van der Waals surface area contributed by atoms with Gasteiger partial charge in [-0.15, -0.1) is 0 Å². The van der Waals surface area contributed by atoms with Crippen LogP contribution in [0.15, 0.2) is 54.9 Å². The van der Waals surface area contributed by atoms with E-state index in [1.807, 2.05) is 19.0 Å². The normalized spacial score (nSPS) is 11.2. The number of carbonyl (C=O) groups is 2. The first-order chi connectivity index (χ1) is 17.0. The number of amides is 3. The Balaban J connectivity index is 1.57. The van der Waals surface area contributed by atoms with E-state index in [4.69, 9.17) is 16.3 Å². The quantitative estimate of drug-likeness (QED) is 0.389.